The third kappa shape index (κ3) is 3.03. The summed E-state index contributed by atoms with van der Waals surface area (Å²) in [4.78, 5) is 11.4. The summed E-state index contributed by atoms with van der Waals surface area (Å²) < 4.78 is 24.4. The van der Waals surface area contributed by atoms with Crippen molar-refractivity contribution < 1.29 is 18.7 Å². The molecule has 0 radical (unpaired) electrons. The van der Waals surface area contributed by atoms with Crippen molar-refractivity contribution in [1.82, 2.24) is 5.32 Å². The molecule has 17 heavy (non-hydrogen) atoms. The van der Waals surface area contributed by atoms with Gasteiger partial charge in [0.05, 0.1) is 6.10 Å². The monoisotopic (exact) mass is 245 g/mol. The fourth-order valence-electron chi connectivity index (χ4n) is 2.78. The van der Waals surface area contributed by atoms with Gasteiger partial charge in [-0.15, -0.1) is 0 Å². The predicted molar refractivity (Wildman–Crippen MR) is 58.6 cm³/mol. The average molecular weight is 245 g/mol. The van der Waals surface area contributed by atoms with E-state index >= 15 is 0 Å². The van der Waals surface area contributed by atoms with Crippen LogP contribution < -0.4 is 5.32 Å². The average Bonchev–Trinajstić information content (AvgIpc) is 2.24. The molecule has 1 saturated carbocycles. The van der Waals surface area contributed by atoms with E-state index in [1.807, 2.05) is 0 Å². The van der Waals surface area contributed by atoms with Gasteiger partial charge in [-0.05, 0) is 25.7 Å². The summed E-state index contributed by atoms with van der Waals surface area (Å²) in [6.45, 7) is 0. The van der Waals surface area contributed by atoms with Crippen molar-refractivity contribution in [3.05, 3.63) is 11.6 Å². The minimum Gasteiger partial charge on any atom is -0.393 e. The molecule has 2 aliphatic rings. The van der Waals surface area contributed by atoms with Gasteiger partial charge in [0, 0.05) is 24.5 Å². The van der Waals surface area contributed by atoms with E-state index in [2.05, 4.69) is 5.32 Å². The molecule has 0 spiro atoms. The summed E-state index contributed by atoms with van der Waals surface area (Å²) in [5.41, 5.74) is 0.825. The predicted octanol–water partition coefficient (Wildman–Crippen LogP) is 1.62. The van der Waals surface area contributed by atoms with Crippen LogP contribution >= 0.6 is 0 Å². The molecule has 1 fully saturated rings. The zero-order valence-electron chi connectivity index (χ0n) is 9.53. The van der Waals surface area contributed by atoms with Gasteiger partial charge in [0.15, 0.2) is 0 Å². The largest absolute Gasteiger partial charge is 0.393 e. The molecule has 5 heteroatoms. The number of amides is 1. The molecule has 96 valence electrons. The summed E-state index contributed by atoms with van der Waals surface area (Å²) in [6, 6.07) is -0.0797. The Hall–Kier alpha value is -0.970. The van der Waals surface area contributed by atoms with Gasteiger partial charge in [0.2, 0.25) is 12.3 Å². The zero-order chi connectivity index (χ0) is 12.4. The first-order valence-corrected chi connectivity index (χ1v) is 6.03. The lowest BCUT2D eigenvalue weighted by molar-refractivity contribution is -0.118. The Labute approximate surface area is 98.9 Å². The SMILES string of the molecule is O=C1C=C(CCC(F)F)C2CCC(O)CC2N1. The molecule has 0 aromatic heterocycles. The van der Waals surface area contributed by atoms with E-state index in [0.29, 0.717) is 12.8 Å². The molecule has 0 bridgehead atoms. The summed E-state index contributed by atoms with van der Waals surface area (Å²) in [6.07, 6.45) is 0.820. The van der Waals surface area contributed by atoms with Crippen molar-refractivity contribution in [2.45, 2.75) is 50.7 Å². The molecule has 3 nitrogen and oxygen atoms in total. The quantitative estimate of drug-likeness (QED) is 0.793. The lowest BCUT2D eigenvalue weighted by Crippen LogP contribution is -2.48. The number of rotatable bonds is 3. The van der Waals surface area contributed by atoms with E-state index in [0.717, 1.165) is 12.0 Å². The fraction of sp³-hybridized carbons (Fsp3) is 0.750. The number of hydrogen-bond acceptors (Lipinski definition) is 2. The molecule has 3 unspecified atom stereocenters. The van der Waals surface area contributed by atoms with Gasteiger partial charge in [0.25, 0.3) is 0 Å². The molecule has 3 atom stereocenters. The highest BCUT2D eigenvalue weighted by molar-refractivity contribution is 5.89. The summed E-state index contributed by atoms with van der Waals surface area (Å²) in [5.74, 6) is -0.0838. The second-order valence-electron chi connectivity index (χ2n) is 4.84. The fourth-order valence-corrected chi connectivity index (χ4v) is 2.78. The van der Waals surface area contributed by atoms with Crippen LogP contribution in [-0.4, -0.2) is 29.6 Å². The summed E-state index contributed by atoms with van der Waals surface area (Å²) >= 11 is 0. The molecular weight excluding hydrogens is 228 g/mol. The van der Waals surface area contributed by atoms with E-state index in [4.69, 9.17) is 0 Å². The van der Waals surface area contributed by atoms with Gasteiger partial charge < -0.3 is 10.4 Å². The normalized spacial score (nSPS) is 33.1. The first-order chi connectivity index (χ1) is 8.06. The van der Waals surface area contributed by atoms with Crippen LogP contribution in [0.5, 0.6) is 0 Å². The van der Waals surface area contributed by atoms with Crippen LogP contribution in [-0.2, 0) is 4.79 Å². The van der Waals surface area contributed by atoms with Crippen molar-refractivity contribution >= 4 is 5.91 Å². The van der Waals surface area contributed by atoms with Crippen LogP contribution in [0, 0.1) is 5.92 Å². The second kappa shape index (κ2) is 5.12. The Balaban J connectivity index is 2.05. The maximum absolute atomic E-state index is 12.2. The number of aliphatic hydroxyl groups is 1. The number of carbonyl (C=O) groups is 1. The first-order valence-electron chi connectivity index (χ1n) is 6.03. The molecule has 0 aromatic carbocycles. The number of alkyl halides is 2. The van der Waals surface area contributed by atoms with E-state index in [1.54, 1.807) is 0 Å². The van der Waals surface area contributed by atoms with Gasteiger partial charge in [-0.25, -0.2) is 8.78 Å². The Morgan fingerprint density at radius 1 is 1.47 bits per heavy atom. The molecule has 1 aliphatic carbocycles. The van der Waals surface area contributed by atoms with Crippen molar-refractivity contribution in [2.24, 2.45) is 5.92 Å². The highest BCUT2D eigenvalue weighted by atomic mass is 19.3. The van der Waals surface area contributed by atoms with Crippen LogP contribution in [0.2, 0.25) is 0 Å². The number of carbonyl (C=O) groups excluding carboxylic acids is 1. The van der Waals surface area contributed by atoms with E-state index in [-0.39, 0.29) is 36.8 Å². The van der Waals surface area contributed by atoms with Gasteiger partial charge in [-0.1, -0.05) is 5.57 Å². The van der Waals surface area contributed by atoms with Crippen LogP contribution in [0.15, 0.2) is 11.6 Å². The van der Waals surface area contributed by atoms with Crippen LogP contribution in [0.1, 0.15) is 32.1 Å². The van der Waals surface area contributed by atoms with Gasteiger partial charge in [0.1, 0.15) is 0 Å². The second-order valence-corrected chi connectivity index (χ2v) is 4.84. The van der Waals surface area contributed by atoms with Crippen LogP contribution in [0.4, 0.5) is 8.78 Å². The van der Waals surface area contributed by atoms with Crippen molar-refractivity contribution in [3.63, 3.8) is 0 Å². The van der Waals surface area contributed by atoms with Crippen molar-refractivity contribution in [3.8, 4) is 0 Å². The number of fused-ring (bicyclic) bond motifs is 1. The number of hydrogen-bond donors (Lipinski definition) is 2. The summed E-state index contributed by atoms with van der Waals surface area (Å²) in [7, 11) is 0. The van der Waals surface area contributed by atoms with E-state index < -0.39 is 6.43 Å². The van der Waals surface area contributed by atoms with Gasteiger partial charge in [-0.3, -0.25) is 4.79 Å². The Morgan fingerprint density at radius 3 is 2.94 bits per heavy atom. The Kier molecular flexibility index (Phi) is 3.76. The molecule has 2 rings (SSSR count). The van der Waals surface area contributed by atoms with E-state index in [9.17, 15) is 18.7 Å². The summed E-state index contributed by atoms with van der Waals surface area (Å²) in [5, 5.41) is 12.4. The smallest absolute Gasteiger partial charge is 0.244 e. The van der Waals surface area contributed by atoms with Gasteiger partial charge >= 0.3 is 0 Å². The molecule has 1 amide bonds. The number of aliphatic hydroxyl groups excluding tert-OH is 1. The van der Waals surface area contributed by atoms with E-state index in [1.165, 1.54) is 6.08 Å². The molecule has 2 N–H and O–H groups in total. The minimum absolute atomic E-state index is 0.0797. The molecule has 1 heterocycles. The first kappa shape index (κ1) is 12.5. The third-order valence-electron chi connectivity index (χ3n) is 3.59. The number of halogens is 2. The van der Waals surface area contributed by atoms with Crippen LogP contribution in [0.3, 0.4) is 0 Å². The Bertz CT molecular complexity index is 330. The van der Waals surface area contributed by atoms with Crippen molar-refractivity contribution in [1.29, 1.82) is 0 Å². The topological polar surface area (TPSA) is 49.3 Å². The highest BCUT2D eigenvalue weighted by Crippen LogP contribution is 2.35. The maximum Gasteiger partial charge on any atom is 0.244 e. The third-order valence-corrected chi connectivity index (χ3v) is 3.59. The van der Waals surface area contributed by atoms with Gasteiger partial charge in [-0.2, -0.15) is 0 Å². The minimum atomic E-state index is -2.33. The molecule has 0 saturated heterocycles. The number of nitrogens with one attached hydrogen (secondary N) is 1. The Morgan fingerprint density at radius 2 is 2.24 bits per heavy atom. The van der Waals surface area contributed by atoms with Crippen molar-refractivity contribution in [2.75, 3.05) is 0 Å². The molecular formula is C12H17F2NO2. The zero-order valence-corrected chi connectivity index (χ0v) is 9.53. The lowest BCUT2D eigenvalue weighted by Gasteiger charge is -2.38. The molecule has 0 aromatic rings. The highest BCUT2D eigenvalue weighted by Gasteiger charge is 2.35. The maximum atomic E-state index is 12.2. The standard InChI is InChI=1S/C12H17F2NO2/c13-11(14)4-1-7-5-12(17)15-10-6-8(16)2-3-9(7)10/h5,8-11,16H,1-4,6H2,(H,15,17). The molecule has 1 aliphatic heterocycles. The lowest BCUT2D eigenvalue weighted by atomic mass is 9.75. The van der Waals surface area contributed by atoms with Crippen LogP contribution in [0.25, 0.3) is 0 Å².